The third-order valence-corrected chi connectivity index (χ3v) is 3.82. The molecule has 0 aromatic carbocycles. The first-order valence-electron chi connectivity index (χ1n) is 7.62. The summed E-state index contributed by atoms with van der Waals surface area (Å²) in [6.07, 6.45) is 8.17. The van der Waals surface area contributed by atoms with Crippen molar-refractivity contribution in [1.82, 2.24) is 9.55 Å². The number of hydrogen-bond acceptors (Lipinski definition) is 3. The Morgan fingerprint density at radius 3 is 2.68 bits per heavy atom. The first kappa shape index (κ1) is 14.1. The summed E-state index contributed by atoms with van der Waals surface area (Å²) in [6, 6.07) is 2.16. The number of nitrogens with one attached hydrogen (secondary N) is 1. The van der Waals surface area contributed by atoms with E-state index in [-0.39, 0.29) is 5.56 Å². The predicted molar refractivity (Wildman–Crippen MR) is 78.7 cm³/mol. The van der Waals surface area contributed by atoms with Gasteiger partial charge in [0, 0.05) is 24.3 Å². The van der Waals surface area contributed by atoms with Gasteiger partial charge in [0.05, 0.1) is 0 Å². The summed E-state index contributed by atoms with van der Waals surface area (Å²) in [5.41, 5.74) is 0.981. The standard InChI is InChI=1S/C15H25N3O/c1-3-8-13-11-14(19)18(4-2)15(17-13)16-12-9-6-5-7-10-12/h11-12H,3-10H2,1-2H3,(H,16,17). The van der Waals surface area contributed by atoms with Crippen LogP contribution in [0.25, 0.3) is 0 Å². The molecule has 1 aromatic heterocycles. The van der Waals surface area contributed by atoms with Crippen LogP contribution in [0.1, 0.15) is 58.1 Å². The zero-order chi connectivity index (χ0) is 13.7. The van der Waals surface area contributed by atoms with Crippen LogP contribution in [0.5, 0.6) is 0 Å². The second-order valence-corrected chi connectivity index (χ2v) is 5.38. The van der Waals surface area contributed by atoms with Crippen molar-refractivity contribution in [1.29, 1.82) is 0 Å². The van der Waals surface area contributed by atoms with E-state index in [2.05, 4.69) is 17.2 Å². The minimum Gasteiger partial charge on any atom is -0.353 e. The van der Waals surface area contributed by atoms with E-state index in [1.165, 1.54) is 32.1 Å². The van der Waals surface area contributed by atoms with Crippen molar-refractivity contribution in [3.8, 4) is 0 Å². The molecule has 19 heavy (non-hydrogen) atoms. The molecule has 0 spiro atoms. The average molecular weight is 263 g/mol. The number of aryl methyl sites for hydroxylation is 1. The molecule has 1 fully saturated rings. The highest BCUT2D eigenvalue weighted by Crippen LogP contribution is 2.20. The first-order valence-corrected chi connectivity index (χ1v) is 7.62. The molecule has 4 heteroatoms. The normalized spacial score (nSPS) is 16.5. The topological polar surface area (TPSA) is 46.9 Å². The Hall–Kier alpha value is -1.32. The molecule has 1 aliphatic carbocycles. The molecule has 2 rings (SSSR count). The van der Waals surface area contributed by atoms with E-state index in [1.54, 1.807) is 10.6 Å². The van der Waals surface area contributed by atoms with Gasteiger partial charge in [-0.25, -0.2) is 4.98 Å². The maximum Gasteiger partial charge on any atom is 0.255 e. The van der Waals surface area contributed by atoms with Crippen LogP contribution in [0.15, 0.2) is 10.9 Å². The van der Waals surface area contributed by atoms with Crippen LogP contribution in [0.3, 0.4) is 0 Å². The van der Waals surface area contributed by atoms with E-state index in [1.807, 2.05) is 6.92 Å². The highest BCUT2D eigenvalue weighted by molar-refractivity contribution is 5.29. The summed E-state index contributed by atoms with van der Waals surface area (Å²) in [5, 5.41) is 3.49. The number of rotatable bonds is 5. The summed E-state index contributed by atoms with van der Waals surface area (Å²) in [7, 11) is 0. The van der Waals surface area contributed by atoms with E-state index in [0.29, 0.717) is 12.6 Å². The Kier molecular flexibility index (Phi) is 5.00. The van der Waals surface area contributed by atoms with Gasteiger partial charge in [-0.2, -0.15) is 0 Å². The Morgan fingerprint density at radius 2 is 2.05 bits per heavy atom. The van der Waals surface area contributed by atoms with E-state index in [9.17, 15) is 4.79 Å². The number of hydrogen-bond donors (Lipinski definition) is 1. The van der Waals surface area contributed by atoms with E-state index in [4.69, 9.17) is 0 Å². The van der Waals surface area contributed by atoms with Gasteiger partial charge in [-0.1, -0.05) is 32.6 Å². The molecule has 1 aliphatic rings. The monoisotopic (exact) mass is 263 g/mol. The zero-order valence-corrected chi connectivity index (χ0v) is 12.1. The van der Waals surface area contributed by atoms with E-state index < -0.39 is 0 Å². The van der Waals surface area contributed by atoms with Crippen molar-refractivity contribution in [2.24, 2.45) is 0 Å². The zero-order valence-electron chi connectivity index (χ0n) is 12.1. The lowest BCUT2D eigenvalue weighted by Gasteiger charge is -2.24. The molecule has 0 aliphatic heterocycles. The average Bonchev–Trinajstić information content (AvgIpc) is 2.40. The highest BCUT2D eigenvalue weighted by Gasteiger charge is 2.16. The van der Waals surface area contributed by atoms with Crippen LogP contribution in [0, 0.1) is 0 Å². The van der Waals surface area contributed by atoms with Crippen LogP contribution in [0.4, 0.5) is 5.95 Å². The third kappa shape index (κ3) is 3.58. The highest BCUT2D eigenvalue weighted by atomic mass is 16.1. The molecule has 0 saturated heterocycles. The fraction of sp³-hybridized carbons (Fsp3) is 0.733. The summed E-state index contributed by atoms with van der Waals surface area (Å²) in [5.74, 6) is 0.769. The molecule has 0 radical (unpaired) electrons. The maximum absolute atomic E-state index is 12.1. The lowest BCUT2D eigenvalue weighted by atomic mass is 9.96. The van der Waals surface area contributed by atoms with Gasteiger partial charge in [0.15, 0.2) is 0 Å². The Morgan fingerprint density at radius 1 is 1.32 bits per heavy atom. The smallest absolute Gasteiger partial charge is 0.255 e. The molecule has 1 saturated carbocycles. The molecule has 0 unspecified atom stereocenters. The summed E-state index contributed by atoms with van der Waals surface area (Å²) in [6.45, 7) is 4.78. The van der Waals surface area contributed by atoms with Crippen molar-refractivity contribution in [2.45, 2.75) is 71.4 Å². The molecule has 1 heterocycles. The number of anilines is 1. The van der Waals surface area contributed by atoms with Gasteiger partial charge in [-0.05, 0) is 26.2 Å². The van der Waals surface area contributed by atoms with E-state index in [0.717, 1.165) is 24.5 Å². The van der Waals surface area contributed by atoms with Crippen molar-refractivity contribution in [3.63, 3.8) is 0 Å². The van der Waals surface area contributed by atoms with Gasteiger partial charge in [-0.3, -0.25) is 9.36 Å². The Bertz CT molecular complexity index is 461. The molecule has 0 bridgehead atoms. The third-order valence-electron chi connectivity index (χ3n) is 3.82. The molecule has 4 nitrogen and oxygen atoms in total. The van der Waals surface area contributed by atoms with Crippen LogP contribution in [0.2, 0.25) is 0 Å². The minimum absolute atomic E-state index is 0.0688. The van der Waals surface area contributed by atoms with E-state index >= 15 is 0 Å². The minimum atomic E-state index is 0.0688. The molecular weight excluding hydrogens is 238 g/mol. The molecular formula is C15H25N3O. The molecule has 106 valence electrons. The molecule has 0 atom stereocenters. The number of aromatic nitrogens is 2. The van der Waals surface area contributed by atoms with Crippen molar-refractivity contribution in [3.05, 3.63) is 22.1 Å². The van der Waals surface area contributed by atoms with Crippen molar-refractivity contribution >= 4 is 5.95 Å². The number of nitrogens with zero attached hydrogens (tertiary/aromatic N) is 2. The van der Waals surface area contributed by atoms with Gasteiger partial charge in [0.2, 0.25) is 5.95 Å². The first-order chi connectivity index (χ1) is 9.24. The van der Waals surface area contributed by atoms with Crippen molar-refractivity contribution in [2.75, 3.05) is 5.32 Å². The molecule has 0 amide bonds. The summed E-state index contributed by atoms with van der Waals surface area (Å²) < 4.78 is 1.74. The maximum atomic E-state index is 12.1. The molecule has 1 N–H and O–H groups in total. The lowest BCUT2D eigenvalue weighted by Crippen LogP contribution is -2.30. The van der Waals surface area contributed by atoms with Gasteiger partial charge < -0.3 is 5.32 Å². The van der Waals surface area contributed by atoms with Crippen LogP contribution >= 0.6 is 0 Å². The molecule has 1 aromatic rings. The van der Waals surface area contributed by atoms with Gasteiger partial charge in [0.1, 0.15) is 0 Å². The Labute approximate surface area is 115 Å². The van der Waals surface area contributed by atoms with Crippen LogP contribution < -0.4 is 10.9 Å². The largest absolute Gasteiger partial charge is 0.353 e. The second-order valence-electron chi connectivity index (χ2n) is 5.38. The van der Waals surface area contributed by atoms with Gasteiger partial charge >= 0.3 is 0 Å². The fourth-order valence-corrected chi connectivity index (χ4v) is 2.78. The SMILES string of the molecule is CCCc1cc(=O)n(CC)c(NC2CCCCC2)n1. The fourth-order valence-electron chi connectivity index (χ4n) is 2.78. The Balaban J connectivity index is 2.22. The van der Waals surface area contributed by atoms with Crippen molar-refractivity contribution < 1.29 is 0 Å². The predicted octanol–water partition coefficient (Wildman–Crippen LogP) is 2.96. The van der Waals surface area contributed by atoms with Gasteiger partial charge in [-0.15, -0.1) is 0 Å². The second kappa shape index (κ2) is 6.73. The van der Waals surface area contributed by atoms with Crippen LogP contribution in [-0.4, -0.2) is 15.6 Å². The summed E-state index contributed by atoms with van der Waals surface area (Å²) >= 11 is 0. The quantitative estimate of drug-likeness (QED) is 0.888. The summed E-state index contributed by atoms with van der Waals surface area (Å²) in [4.78, 5) is 16.7. The van der Waals surface area contributed by atoms with Crippen LogP contribution in [-0.2, 0) is 13.0 Å². The lowest BCUT2D eigenvalue weighted by molar-refractivity contribution is 0.458. The van der Waals surface area contributed by atoms with Gasteiger partial charge in [0.25, 0.3) is 5.56 Å².